The predicted molar refractivity (Wildman–Crippen MR) is 130 cm³/mol. The molecule has 0 fully saturated rings. The van der Waals surface area contributed by atoms with E-state index in [1.54, 1.807) is 27.0 Å². The minimum absolute atomic E-state index is 0.190. The van der Waals surface area contributed by atoms with E-state index in [1.807, 2.05) is 59.2 Å². The molecule has 0 aliphatic rings. The summed E-state index contributed by atoms with van der Waals surface area (Å²) in [7, 11) is -2.17. The van der Waals surface area contributed by atoms with Gasteiger partial charge in [-0.15, -0.1) is 0 Å². The Morgan fingerprint density at radius 1 is 0.879 bits per heavy atom. The molecule has 4 rings (SSSR count). The Morgan fingerprint density at radius 2 is 1.55 bits per heavy atom. The molecule has 0 saturated heterocycles. The Labute approximate surface area is 193 Å². The standard InChI is InChI=1S/C26H27FNO4P/c1-4-31-33(29,32-5-2)26-24-18-20(27)11-16-23(24)25(17-19-9-7-6-8-10-19)28(26)21-12-14-22(30-3)15-13-21/h6-16,18H,4-5,17H2,1-3H3. The first kappa shape index (κ1) is 23.2. The van der Waals surface area contributed by atoms with E-state index in [-0.39, 0.29) is 13.2 Å². The second-order valence-electron chi connectivity index (χ2n) is 7.49. The number of methoxy groups -OCH3 is 1. The number of aromatic nitrogens is 1. The topological polar surface area (TPSA) is 49.7 Å². The summed E-state index contributed by atoms with van der Waals surface area (Å²) in [5.41, 5.74) is 3.03. The number of nitrogens with zero attached hydrogens (tertiary/aromatic N) is 1. The first-order valence-electron chi connectivity index (χ1n) is 10.9. The zero-order valence-corrected chi connectivity index (χ0v) is 19.8. The molecule has 33 heavy (non-hydrogen) atoms. The van der Waals surface area contributed by atoms with Crippen LogP contribution in [-0.4, -0.2) is 24.9 Å². The van der Waals surface area contributed by atoms with Gasteiger partial charge in [-0.3, -0.25) is 4.57 Å². The molecule has 4 aromatic rings. The number of halogens is 1. The van der Waals surface area contributed by atoms with Gasteiger partial charge >= 0.3 is 7.60 Å². The van der Waals surface area contributed by atoms with Crippen molar-refractivity contribution in [3.05, 3.63) is 89.9 Å². The first-order valence-corrected chi connectivity index (χ1v) is 12.5. The normalized spacial score (nSPS) is 11.8. The van der Waals surface area contributed by atoms with Crippen molar-refractivity contribution in [1.29, 1.82) is 0 Å². The molecule has 5 nitrogen and oxygen atoms in total. The maximum Gasteiger partial charge on any atom is 0.378 e. The monoisotopic (exact) mass is 467 g/mol. The van der Waals surface area contributed by atoms with Crippen molar-refractivity contribution in [1.82, 2.24) is 4.57 Å². The molecule has 0 aliphatic heterocycles. The van der Waals surface area contributed by atoms with Crippen molar-refractivity contribution in [2.24, 2.45) is 0 Å². The molecular weight excluding hydrogens is 440 g/mol. The molecule has 0 spiro atoms. The lowest BCUT2D eigenvalue weighted by Crippen LogP contribution is -2.21. The van der Waals surface area contributed by atoms with Crippen molar-refractivity contribution in [2.45, 2.75) is 20.3 Å². The Hall–Kier alpha value is -2.92. The molecule has 0 atom stereocenters. The molecule has 0 unspecified atom stereocenters. The van der Waals surface area contributed by atoms with Gasteiger partial charge in [0.2, 0.25) is 0 Å². The van der Waals surface area contributed by atoms with Gasteiger partial charge in [0.15, 0.2) is 0 Å². The molecular formula is C26H27FNO4P. The molecule has 0 amide bonds. The Kier molecular flexibility index (Phi) is 6.99. The fourth-order valence-corrected chi connectivity index (χ4v) is 6.02. The first-order chi connectivity index (χ1) is 16.0. The summed E-state index contributed by atoms with van der Waals surface area (Å²) >= 11 is 0. The largest absolute Gasteiger partial charge is 0.497 e. The van der Waals surface area contributed by atoms with E-state index in [2.05, 4.69) is 0 Å². The van der Waals surface area contributed by atoms with Gasteiger partial charge in [-0.05, 0) is 61.9 Å². The molecule has 0 aliphatic carbocycles. The Balaban J connectivity index is 2.08. The van der Waals surface area contributed by atoms with E-state index in [4.69, 9.17) is 13.8 Å². The molecule has 7 heteroatoms. The second-order valence-corrected chi connectivity index (χ2v) is 9.42. The number of hydrogen-bond acceptors (Lipinski definition) is 4. The van der Waals surface area contributed by atoms with Crippen LogP contribution in [0.4, 0.5) is 4.39 Å². The highest BCUT2D eigenvalue weighted by Gasteiger charge is 2.36. The van der Waals surface area contributed by atoms with Gasteiger partial charge in [0.1, 0.15) is 17.0 Å². The molecule has 0 saturated carbocycles. The van der Waals surface area contributed by atoms with E-state index in [0.717, 1.165) is 22.3 Å². The second kappa shape index (κ2) is 9.92. The van der Waals surface area contributed by atoms with Gasteiger partial charge in [-0.25, -0.2) is 4.39 Å². The zero-order chi connectivity index (χ0) is 23.4. The third kappa shape index (κ3) is 4.60. The van der Waals surface area contributed by atoms with Gasteiger partial charge in [-0.1, -0.05) is 30.3 Å². The lowest BCUT2D eigenvalue weighted by molar-refractivity contribution is 0.229. The van der Waals surface area contributed by atoms with Crippen LogP contribution in [0.1, 0.15) is 25.1 Å². The SMILES string of the molecule is CCOP(=O)(OCC)c1c2cc(F)ccc2c(Cc2ccccc2)n1-c1ccc(OC)cc1. The maximum atomic E-state index is 14.4. The van der Waals surface area contributed by atoms with Crippen LogP contribution in [0.25, 0.3) is 16.5 Å². The van der Waals surface area contributed by atoms with Crippen LogP contribution in [0.5, 0.6) is 5.75 Å². The van der Waals surface area contributed by atoms with Gasteiger partial charge in [0.05, 0.1) is 20.3 Å². The average molecular weight is 467 g/mol. The average Bonchev–Trinajstić information content (AvgIpc) is 3.14. The summed E-state index contributed by atoms with van der Waals surface area (Å²) in [6, 6.07) is 22.0. The third-order valence-electron chi connectivity index (χ3n) is 5.42. The summed E-state index contributed by atoms with van der Waals surface area (Å²) in [5, 5.41) is 1.31. The van der Waals surface area contributed by atoms with E-state index in [0.29, 0.717) is 23.0 Å². The van der Waals surface area contributed by atoms with Crippen LogP contribution in [0.2, 0.25) is 0 Å². The van der Waals surface area contributed by atoms with Crippen LogP contribution in [0, 0.1) is 5.82 Å². The van der Waals surface area contributed by atoms with Crippen LogP contribution >= 0.6 is 7.60 Å². The fraction of sp³-hybridized carbons (Fsp3) is 0.231. The summed E-state index contributed by atoms with van der Waals surface area (Å²) in [5.74, 6) is 0.284. The van der Waals surface area contributed by atoms with Crippen LogP contribution in [-0.2, 0) is 20.0 Å². The highest BCUT2D eigenvalue weighted by Crippen LogP contribution is 2.50. The van der Waals surface area contributed by atoms with E-state index < -0.39 is 13.4 Å². The molecule has 1 heterocycles. The van der Waals surface area contributed by atoms with Gasteiger partial charge < -0.3 is 18.4 Å². The van der Waals surface area contributed by atoms with E-state index in [1.165, 1.54) is 12.1 Å². The van der Waals surface area contributed by atoms with Crippen molar-refractivity contribution in [3.8, 4) is 11.4 Å². The molecule has 0 bridgehead atoms. The van der Waals surface area contributed by atoms with Gasteiger partial charge in [0, 0.05) is 28.6 Å². The number of ether oxygens (including phenoxy) is 1. The smallest absolute Gasteiger partial charge is 0.378 e. The minimum Gasteiger partial charge on any atom is -0.497 e. The Bertz CT molecular complexity index is 1280. The summed E-state index contributed by atoms with van der Waals surface area (Å²) in [6.07, 6.45) is 0.549. The van der Waals surface area contributed by atoms with Gasteiger partial charge in [0.25, 0.3) is 0 Å². The quantitative estimate of drug-likeness (QED) is 0.273. The number of fused-ring (bicyclic) bond motifs is 1. The fourth-order valence-electron chi connectivity index (χ4n) is 4.06. The van der Waals surface area contributed by atoms with Gasteiger partial charge in [-0.2, -0.15) is 0 Å². The van der Waals surface area contributed by atoms with Crippen molar-refractivity contribution in [3.63, 3.8) is 0 Å². The third-order valence-corrected chi connectivity index (χ3v) is 7.57. The summed E-state index contributed by atoms with van der Waals surface area (Å²) in [6.45, 7) is 3.91. The van der Waals surface area contributed by atoms with Crippen molar-refractivity contribution in [2.75, 3.05) is 20.3 Å². The minimum atomic E-state index is -3.78. The highest BCUT2D eigenvalue weighted by molar-refractivity contribution is 7.62. The molecule has 172 valence electrons. The van der Waals surface area contributed by atoms with Crippen LogP contribution < -0.4 is 10.2 Å². The van der Waals surface area contributed by atoms with E-state index >= 15 is 0 Å². The number of benzene rings is 3. The van der Waals surface area contributed by atoms with Crippen LogP contribution in [0.3, 0.4) is 0 Å². The molecule has 1 aromatic heterocycles. The summed E-state index contributed by atoms with van der Waals surface area (Å²) < 4.78 is 47.2. The molecule has 0 radical (unpaired) electrons. The molecule has 0 N–H and O–H groups in total. The zero-order valence-electron chi connectivity index (χ0n) is 19.0. The van der Waals surface area contributed by atoms with Crippen molar-refractivity contribution < 1.29 is 22.7 Å². The lowest BCUT2D eigenvalue weighted by Gasteiger charge is -2.21. The number of rotatable bonds is 9. The predicted octanol–water partition coefficient (Wildman–Crippen LogP) is 6.26. The lowest BCUT2D eigenvalue weighted by atomic mass is 10.1. The van der Waals surface area contributed by atoms with E-state index in [9.17, 15) is 8.96 Å². The summed E-state index contributed by atoms with van der Waals surface area (Å²) in [4.78, 5) is 0. The Morgan fingerprint density at radius 3 is 2.15 bits per heavy atom. The van der Waals surface area contributed by atoms with Crippen LogP contribution in [0.15, 0.2) is 72.8 Å². The molecule has 3 aromatic carbocycles. The highest BCUT2D eigenvalue weighted by atomic mass is 31.2. The maximum absolute atomic E-state index is 14.4. The van der Waals surface area contributed by atoms with Crippen molar-refractivity contribution >= 4 is 23.8 Å². The number of hydrogen-bond donors (Lipinski definition) is 0.